The van der Waals surface area contributed by atoms with Crippen LogP contribution in [0.25, 0.3) is 0 Å². The molecule has 0 amide bonds. The van der Waals surface area contributed by atoms with E-state index >= 15 is 0 Å². The molecule has 3 aromatic carbocycles. The van der Waals surface area contributed by atoms with Crippen molar-refractivity contribution in [3.8, 4) is 40.2 Å². The van der Waals surface area contributed by atoms with E-state index < -0.39 is 41.4 Å². The average molecular weight is 790 g/mol. The summed E-state index contributed by atoms with van der Waals surface area (Å²) in [6, 6.07) is 4.00. The number of piperidine rings is 1. The number of fused-ring (bicyclic) bond motifs is 10. The van der Waals surface area contributed by atoms with Crippen molar-refractivity contribution in [2.75, 3.05) is 46.5 Å². The summed E-state index contributed by atoms with van der Waals surface area (Å²) >= 11 is 1.58. The number of hydrogen-bond donors (Lipinski definition) is 5. The summed E-state index contributed by atoms with van der Waals surface area (Å²) in [4.78, 5) is 26.3. The smallest absolute Gasteiger partial charge is 0.308 e. The number of aldehydes is 1. The fourth-order valence-corrected chi connectivity index (χ4v) is 11.2. The van der Waals surface area contributed by atoms with Crippen LogP contribution >= 0.6 is 11.8 Å². The maximum absolute atomic E-state index is 13.0. The van der Waals surface area contributed by atoms with Crippen LogP contribution in [0.2, 0.25) is 0 Å². The molecule has 298 valence electrons. The molecular weight excluding hydrogens is 743 g/mol. The van der Waals surface area contributed by atoms with Gasteiger partial charge in [-0.2, -0.15) is 0 Å². The van der Waals surface area contributed by atoms with Crippen LogP contribution in [0.4, 0.5) is 0 Å². The molecule has 3 aromatic rings. The molecular formula is C41H47N3O11S. The van der Waals surface area contributed by atoms with Crippen LogP contribution in [0.15, 0.2) is 18.2 Å². The predicted octanol–water partition coefficient (Wildman–Crippen LogP) is 4.69. The lowest BCUT2D eigenvalue weighted by molar-refractivity contribution is -0.132. The van der Waals surface area contributed by atoms with Gasteiger partial charge in [0.15, 0.2) is 34.5 Å². The third-order valence-electron chi connectivity index (χ3n) is 11.9. The number of phenolic OH excluding ortho intramolecular Hbond substituents is 2. The highest BCUT2D eigenvalue weighted by atomic mass is 32.2. The summed E-state index contributed by atoms with van der Waals surface area (Å²) in [7, 11) is 3.02. The molecule has 5 N–H and O–H groups in total. The maximum Gasteiger partial charge on any atom is 0.308 e. The molecule has 56 heavy (non-hydrogen) atoms. The van der Waals surface area contributed by atoms with Gasteiger partial charge < -0.3 is 59.3 Å². The number of carbonyl (C=O) groups is 2. The molecule has 1 saturated heterocycles. The van der Waals surface area contributed by atoms with Crippen molar-refractivity contribution in [3.05, 3.63) is 62.7 Å². The van der Waals surface area contributed by atoms with E-state index in [9.17, 15) is 30.3 Å². The Kier molecular flexibility index (Phi) is 10.3. The first-order chi connectivity index (χ1) is 27.0. The molecule has 0 saturated carbocycles. The number of phenols is 2. The summed E-state index contributed by atoms with van der Waals surface area (Å²) in [5, 5.41) is 48.0. The van der Waals surface area contributed by atoms with Gasteiger partial charge in [-0.3, -0.25) is 9.69 Å². The van der Waals surface area contributed by atoms with Gasteiger partial charge in [0, 0.05) is 71.0 Å². The van der Waals surface area contributed by atoms with E-state index in [1.807, 2.05) is 30.9 Å². The van der Waals surface area contributed by atoms with Crippen molar-refractivity contribution in [2.24, 2.45) is 5.92 Å². The second-order valence-corrected chi connectivity index (χ2v) is 16.1. The number of hydrogen-bond acceptors (Lipinski definition) is 15. The quantitative estimate of drug-likeness (QED) is 0.0779. The zero-order valence-electron chi connectivity index (χ0n) is 32.0. The lowest BCUT2D eigenvalue weighted by Gasteiger charge is -2.58. The number of rotatable bonds is 11. The summed E-state index contributed by atoms with van der Waals surface area (Å²) in [5.41, 5.74) is 6.26. The second kappa shape index (κ2) is 15.1. The van der Waals surface area contributed by atoms with E-state index in [0.717, 1.165) is 28.5 Å². The van der Waals surface area contributed by atoms with Crippen molar-refractivity contribution in [3.63, 3.8) is 0 Å². The van der Waals surface area contributed by atoms with Crippen LogP contribution in [0.5, 0.6) is 40.2 Å². The van der Waals surface area contributed by atoms with Gasteiger partial charge in [0.05, 0.1) is 38.7 Å². The number of esters is 1. The first-order valence-corrected chi connectivity index (χ1v) is 19.9. The number of aliphatic hydroxyl groups is 1. The highest BCUT2D eigenvalue weighted by Gasteiger charge is 2.60. The monoisotopic (exact) mass is 789 g/mol. The van der Waals surface area contributed by atoms with E-state index in [1.165, 1.54) is 21.1 Å². The summed E-state index contributed by atoms with van der Waals surface area (Å²) in [5.74, 6) is 0.521. The number of carbonyl (C=O) groups excluding carboxylic acids is 2. The minimum absolute atomic E-state index is 0.0355. The Hall–Kier alpha value is -4.54. The molecule has 5 unspecified atom stereocenters. The van der Waals surface area contributed by atoms with Gasteiger partial charge in [-0.25, -0.2) is 0 Å². The van der Waals surface area contributed by atoms with Gasteiger partial charge in [0.25, 0.3) is 0 Å². The molecule has 4 heterocycles. The lowest BCUT2D eigenvalue weighted by Crippen LogP contribution is -2.65. The Morgan fingerprint density at radius 2 is 1.86 bits per heavy atom. The normalized spacial score (nSPS) is 25.8. The number of ether oxygens (including phenoxy) is 6. The molecule has 0 radical (unpaired) electrons. The molecule has 0 spiro atoms. The van der Waals surface area contributed by atoms with Crippen LogP contribution in [0, 0.1) is 25.2 Å². The van der Waals surface area contributed by atoms with Crippen molar-refractivity contribution in [1.82, 2.24) is 10.2 Å². The first-order valence-electron chi connectivity index (χ1n) is 18.8. The van der Waals surface area contributed by atoms with Crippen LogP contribution in [0.3, 0.4) is 0 Å². The molecule has 1 fully saturated rings. The zero-order chi connectivity index (χ0) is 39.6. The lowest BCUT2D eigenvalue weighted by atomic mass is 9.64. The first kappa shape index (κ1) is 38.3. The molecule has 0 aromatic heterocycles. The topological polar surface area (TPSA) is 189 Å². The highest BCUT2D eigenvalue weighted by molar-refractivity contribution is 7.99. The van der Waals surface area contributed by atoms with Gasteiger partial charge in [0.2, 0.25) is 6.79 Å². The number of thioether (sulfide) groups is 1. The van der Waals surface area contributed by atoms with Crippen molar-refractivity contribution in [1.29, 1.82) is 5.41 Å². The Morgan fingerprint density at radius 1 is 1.07 bits per heavy atom. The van der Waals surface area contributed by atoms with E-state index in [-0.39, 0.29) is 49.7 Å². The van der Waals surface area contributed by atoms with E-state index in [0.29, 0.717) is 76.1 Å². The summed E-state index contributed by atoms with van der Waals surface area (Å²) in [6.07, 6.45) is 0.828. The number of aryl methyl sites for hydroxylation is 1. The summed E-state index contributed by atoms with van der Waals surface area (Å²) in [6.45, 7) is 5.80. The van der Waals surface area contributed by atoms with Crippen LogP contribution in [0.1, 0.15) is 81.1 Å². The number of nitrogens with zero attached hydrogens (tertiary/aromatic N) is 1. The molecule has 4 aliphatic heterocycles. The third kappa shape index (κ3) is 6.06. The van der Waals surface area contributed by atoms with Crippen LogP contribution in [-0.4, -0.2) is 97.0 Å². The van der Waals surface area contributed by atoms with Gasteiger partial charge >= 0.3 is 5.97 Å². The minimum atomic E-state index is -1.16. The van der Waals surface area contributed by atoms with Crippen LogP contribution in [-0.2, 0) is 27.2 Å². The standard InChI is InChI=1S/C41H47N3O11S/c1-18-11-22-12-24-33(42)31(29(22)35(48)36(18)51-5)34-40(56-16-25-23-14-28(50-4)27(47)13-21(23)7-8-43-25)32-30(26(44(34)41(24)49)15-52-10-6-9-45)39-38(53-17-54-39)19(2)37(32)55-20(3)46/h9,11,13-14,24-26,31,34,40-43,47-49H,6-8,10,12,15-17H2,1-5H3/t24?,25-,26?,31?,34?,40-,41?/m0/s1. The highest BCUT2D eigenvalue weighted by Crippen LogP contribution is 2.64. The number of aromatic hydroxyl groups is 2. The minimum Gasteiger partial charge on any atom is -0.504 e. The molecule has 14 nitrogen and oxygen atoms in total. The Balaban J connectivity index is 1.36. The number of methoxy groups -OCH3 is 2. The molecule has 15 heteroatoms. The van der Waals surface area contributed by atoms with E-state index in [1.54, 1.807) is 17.8 Å². The largest absolute Gasteiger partial charge is 0.504 e. The fraction of sp³-hybridized carbons (Fsp3) is 0.488. The van der Waals surface area contributed by atoms with Crippen molar-refractivity contribution >= 4 is 29.7 Å². The van der Waals surface area contributed by atoms with Crippen molar-refractivity contribution in [2.45, 2.75) is 75.6 Å². The Labute approximate surface area is 328 Å². The maximum atomic E-state index is 13.0. The number of aliphatic hydroxyl groups excluding tert-OH is 1. The van der Waals surface area contributed by atoms with Gasteiger partial charge in [0.1, 0.15) is 18.3 Å². The molecule has 2 bridgehead atoms. The second-order valence-electron chi connectivity index (χ2n) is 15.0. The number of benzene rings is 3. The SMILES string of the molecule is COc1cc2c(cc1O)CCN[C@H]2CS[C@H]1c2c(OC(C)=O)c(C)c3c(c2C(COCCC=O)N2C(O)C4Cc5cc(C)c(OC)c(O)c5C(C4=N)C12)OCO3. The van der Waals surface area contributed by atoms with Gasteiger partial charge in [-0.15, -0.1) is 11.8 Å². The van der Waals surface area contributed by atoms with Crippen molar-refractivity contribution < 1.29 is 53.3 Å². The summed E-state index contributed by atoms with van der Waals surface area (Å²) < 4.78 is 35.7. The molecule has 5 aliphatic rings. The Bertz CT molecular complexity index is 2110. The Morgan fingerprint density at radius 3 is 2.59 bits per heavy atom. The van der Waals surface area contributed by atoms with Gasteiger partial charge in [-0.05, 0) is 67.6 Å². The fourth-order valence-electron chi connectivity index (χ4n) is 9.64. The predicted molar refractivity (Wildman–Crippen MR) is 206 cm³/mol. The molecule has 8 rings (SSSR count). The van der Waals surface area contributed by atoms with E-state index in [2.05, 4.69) is 5.32 Å². The molecule has 7 atom stereocenters. The van der Waals surface area contributed by atoms with E-state index in [4.69, 9.17) is 28.4 Å². The van der Waals surface area contributed by atoms with Gasteiger partial charge in [-0.1, -0.05) is 6.07 Å². The molecule has 1 aliphatic carbocycles. The third-order valence-corrected chi connectivity index (χ3v) is 13.3. The van der Waals surface area contributed by atoms with Crippen LogP contribution < -0.4 is 29.0 Å². The number of nitrogens with one attached hydrogen (secondary N) is 2. The average Bonchev–Trinajstić information content (AvgIpc) is 3.66. The zero-order valence-corrected chi connectivity index (χ0v) is 32.8.